The molecule has 112 valence electrons. The summed E-state index contributed by atoms with van der Waals surface area (Å²) in [5.74, 6) is -1.30. The smallest absolute Gasteiger partial charge is 0.337 e. The summed E-state index contributed by atoms with van der Waals surface area (Å²) in [6.45, 7) is 4.65. The van der Waals surface area contributed by atoms with E-state index >= 15 is 0 Å². The third-order valence-corrected chi connectivity index (χ3v) is 4.63. The number of nitrogens with zero attached hydrogens (tertiary/aromatic N) is 1. The Labute approximate surface area is 118 Å². The molecule has 1 rings (SSSR count). The highest BCUT2D eigenvalue weighted by Crippen LogP contribution is 2.21. The summed E-state index contributed by atoms with van der Waals surface area (Å²) in [6, 6.07) is 5.44. The maximum atomic E-state index is 12.5. The van der Waals surface area contributed by atoms with Gasteiger partial charge >= 0.3 is 5.97 Å². The van der Waals surface area contributed by atoms with Crippen LogP contribution < -0.4 is 0 Å². The standard InChI is InChI=1S/C13H19NO5S/c1-4-14(9-13(2,3)17)20(18,19)11-8-6-5-7-10(11)12(15)16/h5-8,17H,4,9H2,1-3H3,(H,15,16). The van der Waals surface area contributed by atoms with Crippen molar-refractivity contribution < 1.29 is 23.4 Å². The van der Waals surface area contributed by atoms with Crippen LogP contribution in [0.1, 0.15) is 31.1 Å². The molecule has 0 amide bonds. The first kappa shape index (κ1) is 16.6. The molecule has 0 atom stereocenters. The van der Waals surface area contributed by atoms with Crippen molar-refractivity contribution >= 4 is 16.0 Å². The number of aliphatic hydroxyl groups is 1. The minimum atomic E-state index is -3.97. The molecule has 0 saturated heterocycles. The van der Waals surface area contributed by atoms with Gasteiger partial charge in [0.05, 0.1) is 16.1 Å². The van der Waals surface area contributed by atoms with E-state index in [4.69, 9.17) is 5.11 Å². The molecule has 1 aromatic rings. The largest absolute Gasteiger partial charge is 0.478 e. The predicted molar refractivity (Wildman–Crippen MR) is 74.1 cm³/mol. The Balaban J connectivity index is 3.32. The van der Waals surface area contributed by atoms with Crippen LogP contribution in [-0.2, 0) is 10.0 Å². The number of hydrogen-bond acceptors (Lipinski definition) is 4. The SMILES string of the molecule is CCN(CC(C)(C)O)S(=O)(=O)c1ccccc1C(=O)O. The maximum Gasteiger partial charge on any atom is 0.337 e. The number of rotatable bonds is 6. The molecular formula is C13H19NO5S. The molecule has 0 unspecified atom stereocenters. The van der Waals surface area contributed by atoms with E-state index in [0.717, 1.165) is 4.31 Å². The van der Waals surface area contributed by atoms with E-state index in [9.17, 15) is 18.3 Å². The molecule has 7 heteroatoms. The summed E-state index contributed by atoms with van der Waals surface area (Å²) in [6.07, 6.45) is 0. The number of carboxylic acids is 1. The zero-order chi connectivity index (χ0) is 15.6. The minimum absolute atomic E-state index is 0.111. The van der Waals surface area contributed by atoms with Gasteiger partial charge in [-0.3, -0.25) is 0 Å². The average Bonchev–Trinajstić information content (AvgIpc) is 2.34. The first-order valence-corrected chi connectivity index (χ1v) is 7.58. The lowest BCUT2D eigenvalue weighted by molar-refractivity contribution is 0.0601. The van der Waals surface area contributed by atoms with E-state index in [1.54, 1.807) is 6.92 Å². The molecule has 0 aliphatic rings. The van der Waals surface area contributed by atoms with Crippen LogP contribution in [-0.4, -0.2) is 47.6 Å². The highest BCUT2D eigenvalue weighted by molar-refractivity contribution is 7.89. The third kappa shape index (κ3) is 3.78. The van der Waals surface area contributed by atoms with Gasteiger partial charge in [-0.1, -0.05) is 19.1 Å². The summed E-state index contributed by atoms with van der Waals surface area (Å²) in [7, 11) is -3.97. The van der Waals surface area contributed by atoms with Crippen molar-refractivity contribution in [2.45, 2.75) is 31.3 Å². The van der Waals surface area contributed by atoms with E-state index < -0.39 is 21.6 Å². The zero-order valence-electron chi connectivity index (χ0n) is 11.7. The van der Waals surface area contributed by atoms with Crippen LogP contribution in [0.15, 0.2) is 29.2 Å². The van der Waals surface area contributed by atoms with Crippen LogP contribution in [0.25, 0.3) is 0 Å². The molecular weight excluding hydrogens is 282 g/mol. The van der Waals surface area contributed by atoms with Gasteiger partial charge in [-0.2, -0.15) is 4.31 Å². The fraction of sp³-hybridized carbons (Fsp3) is 0.462. The number of hydrogen-bond donors (Lipinski definition) is 2. The molecule has 1 aromatic carbocycles. The van der Waals surface area contributed by atoms with Crippen molar-refractivity contribution in [3.63, 3.8) is 0 Å². The summed E-state index contributed by atoms with van der Waals surface area (Å²) in [5, 5.41) is 18.9. The molecule has 0 radical (unpaired) electrons. The van der Waals surface area contributed by atoms with Crippen LogP contribution in [0.5, 0.6) is 0 Å². The number of carboxylic acid groups (broad SMARTS) is 1. The van der Waals surface area contributed by atoms with Gasteiger partial charge in [-0.15, -0.1) is 0 Å². The van der Waals surface area contributed by atoms with Crippen molar-refractivity contribution in [3.8, 4) is 0 Å². The number of benzene rings is 1. The lowest BCUT2D eigenvalue weighted by Crippen LogP contribution is -2.42. The normalized spacial score (nSPS) is 12.7. The van der Waals surface area contributed by atoms with Crippen LogP contribution >= 0.6 is 0 Å². The van der Waals surface area contributed by atoms with Crippen molar-refractivity contribution in [1.82, 2.24) is 4.31 Å². The van der Waals surface area contributed by atoms with Crippen molar-refractivity contribution in [2.24, 2.45) is 0 Å². The number of carbonyl (C=O) groups is 1. The Morgan fingerprint density at radius 2 is 1.85 bits per heavy atom. The number of aromatic carboxylic acids is 1. The second-order valence-corrected chi connectivity index (χ2v) is 6.95. The molecule has 0 heterocycles. The van der Waals surface area contributed by atoms with Crippen molar-refractivity contribution in [2.75, 3.05) is 13.1 Å². The van der Waals surface area contributed by atoms with Gasteiger partial charge in [0.25, 0.3) is 0 Å². The van der Waals surface area contributed by atoms with Gasteiger partial charge in [-0.05, 0) is 26.0 Å². The molecule has 0 aromatic heterocycles. The molecule has 2 N–H and O–H groups in total. The lowest BCUT2D eigenvalue weighted by Gasteiger charge is -2.27. The third-order valence-electron chi connectivity index (χ3n) is 2.65. The quantitative estimate of drug-likeness (QED) is 0.822. The zero-order valence-corrected chi connectivity index (χ0v) is 12.5. The molecule has 0 fully saturated rings. The van der Waals surface area contributed by atoms with Crippen molar-refractivity contribution in [3.05, 3.63) is 29.8 Å². The maximum absolute atomic E-state index is 12.5. The van der Waals surface area contributed by atoms with E-state index in [1.165, 1.54) is 38.1 Å². The summed E-state index contributed by atoms with van der Waals surface area (Å²) < 4.78 is 26.1. The van der Waals surface area contributed by atoms with Crippen LogP contribution in [0.4, 0.5) is 0 Å². The van der Waals surface area contributed by atoms with Crippen molar-refractivity contribution in [1.29, 1.82) is 0 Å². The van der Waals surface area contributed by atoms with Gasteiger partial charge in [0.1, 0.15) is 0 Å². The molecule has 0 saturated carbocycles. The monoisotopic (exact) mass is 301 g/mol. The Morgan fingerprint density at radius 1 is 1.30 bits per heavy atom. The highest BCUT2D eigenvalue weighted by Gasteiger charge is 2.31. The number of likely N-dealkylation sites (N-methyl/N-ethyl adjacent to an activating group) is 1. The molecule has 0 aliphatic carbocycles. The Kier molecular flexibility index (Phi) is 4.90. The second-order valence-electron chi connectivity index (χ2n) is 5.04. The predicted octanol–water partition coefficient (Wildman–Crippen LogP) is 1.17. The van der Waals surface area contributed by atoms with E-state index in [2.05, 4.69) is 0 Å². The minimum Gasteiger partial charge on any atom is -0.478 e. The van der Waals surface area contributed by atoms with Crippen LogP contribution in [0, 0.1) is 0 Å². The summed E-state index contributed by atoms with van der Waals surface area (Å²) in [5.41, 5.74) is -1.48. The van der Waals surface area contributed by atoms with Gasteiger partial charge in [-0.25, -0.2) is 13.2 Å². The summed E-state index contributed by atoms with van der Waals surface area (Å²) in [4.78, 5) is 10.9. The molecule has 0 bridgehead atoms. The topological polar surface area (TPSA) is 94.9 Å². The Morgan fingerprint density at radius 3 is 2.30 bits per heavy atom. The Hall–Kier alpha value is -1.44. The average molecular weight is 301 g/mol. The van der Waals surface area contributed by atoms with E-state index in [1.807, 2.05) is 0 Å². The fourth-order valence-corrected chi connectivity index (χ4v) is 3.59. The molecule has 20 heavy (non-hydrogen) atoms. The lowest BCUT2D eigenvalue weighted by atomic mass is 10.1. The van der Waals surface area contributed by atoms with Crippen LogP contribution in [0.2, 0.25) is 0 Å². The van der Waals surface area contributed by atoms with Gasteiger partial charge < -0.3 is 10.2 Å². The first-order chi connectivity index (χ1) is 9.09. The van der Waals surface area contributed by atoms with Gasteiger partial charge in [0.15, 0.2) is 0 Å². The second kappa shape index (κ2) is 5.90. The Bertz CT molecular complexity index is 589. The molecule has 0 spiro atoms. The number of sulfonamides is 1. The summed E-state index contributed by atoms with van der Waals surface area (Å²) >= 11 is 0. The fourth-order valence-electron chi connectivity index (χ4n) is 1.81. The van der Waals surface area contributed by atoms with E-state index in [0.29, 0.717) is 0 Å². The molecule has 6 nitrogen and oxygen atoms in total. The van der Waals surface area contributed by atoms with Crippen LogP contribution in [0.3, 0.4) is 0 Å². The van der Waals surface area contributed by atoms with E-state index in [-0.39, 0.29) is 23.5 Å². The van der Waals surface area contributed by atoms with Gasteiger partial charge in [0.2, 0.25) is 10.0 Å². The first-order valence-electron chi connectivity index (χ1n) is 6.14. The molecule has 0 aliphatic heterocycles. The highest BCUT2D eigenvalue weighted by atomic mass is 32.2. The van der Waals surface area contributed by atoms with Gasteiger partial charge in [0, 0.05) is 13.1 Å².